The lowest BCUT2D eigenvalue weighted by Crippen LogP contribution is -2.06. The minimum absolute atomic E-state index is 0.234. The fraction of sp³-hybridized carbons (Fsp3) is 0.190. The zero-order valence-corrected chi connectivity index (χ0v) is 15.6. The van der Waals surface area contributed by atoms with E-state index >= 15 is 0 Å². The number of hydrogen-bond donors (Lipinski definition) is 1. The van der Waals surface area contributed by atoms with Crippen LogP contribution in [0.25, 0.3) is 17.0 Å². The summed E-state index contributed by atoms with van der Waals surface area (Å²) in [5.74, 6) is -3.03. The topological polar surface area (TPSA) is 29.9 Å². The molecule has 156 valence electrons. The maximum Gasteiger partial charge on any atom is 0.435 e. The molecule has 0 spiro atoms. The number of hydrogen-bond acceptors (Lipinski definition) is 2. The van der Waals surface area contributed by atoms with E-state index in [1.807, 2.05) is 0 Å². The minimum atomic E-state index is -4.55. The normalized spacial score (nSPS) is 13.5. The number of halogens is 6. The fourth-order valence-electron chi connectivity index (χ4n) is 3.17. The van der Waals surface area contributed by atoms with Gasteiger partial charge < -0.3 is 5.32 Å². The van der Waals surface area contributed by atoms with Crippen molar-refractivity contribution in [3.8, 4) is 11.3 Å². The van der Waals surface area contributed by atoms with Gasteiger partial charge in [-0.25, -0.2) is 13.2 Å². The highest BCUT2D eigenvalue weighted by Gasteiger charge is 2.34. The van der Waals surface area contributed by atoms with Gasteiger partial charge in [0.1, 0.15) is 17.5 Å². The van der Waals surface area contributed by atoms with Crippen LogP contribution in [0.15, 0.2) is 48.0 Å². The number of aromatic nitrogens is 2. The van der Waals surface area contributed by atoms with E-state index in [1.54, 1.807) is 24.3 Å². The summed E-state index contributed by atoms with van der Waals surface area (Å²) >= 11 is 0. The summed E-state index contributed by atoms with van der Waals surface area (Å²) in [6.45, 7) is 0. The molecule has 0 aliphatic heterocycles. The molecule has 4 rings (SSSR count). The van der Waals surface area contributed by atoms with E-state index in [2.05, 4.69) is 10.4 Å². The number of anilines is 1. The van der Waals surface area contributed by atoms with E-state index in [4.69, 9.17) is 0 Å². The molecule has 1 fully saturated rings. The van der Waals surface area contributed by atoms with Crippen molar-refractivity contribution in [2.45, 2.75) is 19.0 Å². The fourth-order valence-corrected chi connectivity index (χ4v) is 3.17. The van der Waals surface area contributed by atoms with Crippen LogP contribution in [0.4, 0.5) is 32.0 Å². The van der Waals surface area contributed by atoms with E-state index < -0.39 is 29.3 Å². The van der Waals surface area contributed by atoms with Crippen molar-refractivity contribution in [2.24, 2.45) is 7.05 Å². The van der Waals surface area contributed by atoms with Gasteiger partial charge in [0, 0.05) is 24.9 Å². The van der Waals surface area contributed by atoms with Gasteiger partial charge in [-0.1, -0.05) is 12.1 Å². The highest BCUT2D eigenvalue weighted by atomic mass is 19.4. The first kappa shape index (κ1) is 20.1. The summed E-state index contributed by atoms with van der Waals surface area (Å²) < 4.78 is 81.4. The first-order valence-electron chi connectivity index (χ1n) is 8.99. The van der Waals surface area contributed by atoms with Crippen LogP contribution in [-0.2, 0) is 13.2 Å². The van der Waals surface area contributed by atoms with Crippen molar-refractivity contribution in [3.05, 3.63) is 76.7 Å². The van der Waals surface area contributed by atoms with E-state index in [9.17, 15) is 26.3 Å². The first-order valence-corrected chi connectivity index (χ1v) is 8.99. The molecule has 1 N–H and O–H groups in total. The Morgan fingerprint density at radius 1 is 0.967 bits per heavy atom. The molecule has 30 heavy (non-hydrogen) atoms. The predicted octanol–water partition coefficient (Wildman–Crippen LogP) is 6.14. The maximum atomic E-state index is 14.2. The quantitative estimate of drug-likeness (QED) is 0.511. The largest absolute Gasteiger partial charge is 0.435 e. The number of aryl methyl sites for hydroxylation is 1. The predicted molar refractivity (Wildman–Crippen MR) is 99.7 cm³/mol. The van der Waals surface area contributed by atoms with Gasteiger partial charge in [-0.05, 0) is 42.2 Å². The van der Waals surface area contributed by atoms with Gasteiger partial charge in [0.15, 0.2) is 5.69 Å². The number of rotatable bonds is 4. The summed E-state index contributed by atoms with van der Waals surface area (Å²) in [7, 11) is 1.41. The van der Waals surface area contributed by atoms with E-state index in [-0.39, 0.29) is 17.0 Å². The standard InChI is InChI=1S/C21H15F6N3/c1-30-17(10-18(29-30)21(25,26)27)11-4-6-14(7-5-11)28-20(12-2-3-12)19-15(23)8-13(22)9-16(19)24/h4-10,28H,2-3H2,1H3. The summed E-state index contributed by atoms with van der Waals surface area (Å²) in [6.07, 6.45) is -3.23. The highest BCUT2D eigenvalue weighted by molar-refractivity contribution is 5.82. The van der Waals surface area contributed by atoms with Crippen LogP contribution in [0.1, 0.15) is 24.1 Å². The first-order chi connectivity index (χ1) is 14.1. The second-order valence-electron chi connectivity index (χ2n) is 6.96. The number of allylic oxidation sites excluding steroid dienone is 1. The van der Waals surface area contributed by atoms with Crippen LogP contribution in [0.5, 0.6) is 0 Å². The Hall–Kier alpha value is -3.23. The molecule has 0 radical (unpaired) electrons. The molecule has 1 aliphatic carbocycles. The maximum absolute atomic E-state index is 14.2. The molecule has 0 saturated heterocycles. The molecular formula is C21H15F6N3. The third-order valence-corrected chi connectivity index (χ3v) is 4.73. The summed E-state index contributed by atoms with van der Waals surface area (Å²) in [4.78, 5) is 0. The third-order valence-electron chi connectivity index (χ3n) is 4.73. The lowest BCUT2D eigenvalue weighted by molar-refractivity contribution is -0.141. The molecule has 1 aliphatic rings. The Labute approximate surface area is 167 Å². The smallest absolute Gasteiger partial charge is 0.355 e. The van der Waals surface area contributed by atoms with E-state index in [1.165, 1.54) is 7.05 Å². The van der Waals surface area contributed by atoms with Crippen LogP contribution in [0.2, 0.25) is 0 Å². The highest BCUT2D eigenvalue weighted by Crippen LogP contribution is 2.39. The number of alkyl halides is 3. The van der Waals surface area contributed by atoms with Gasteiger partial charge in [-0.15, -0.1) is 0 Å². The van der Waals surface area contributed by atoms with Crippen LogP contribution < -0.4 is 5.32 Å². The minimum Gasteiger partial charge on any atom is -0.355 e. The SMILES string of the molecule is Cn1nc(C(F)(F)F)cc1-c1ccc(NC(=C2CC2)c2c(F)cc(F)cc2F)cc1. The zero-order valence-electron chi connectivity index (χ0n) is 15.6. The summed E-state index contributed by atoms with van der Waals surface area (Å²) in [5, 5.41) is 6.44. The van der Waals surface area contributed by atoms with E-state index in [0.29, 0.717) is 36.2 Å². The lowest BCUT2D eigenvalue weighted by atomic mass is 10.1. The Bertz CT molecular complexity index is 1110. The van der Waals surface area contributed by atoms with Gasteiger partial charge in [0.05, 0.1) is 17.0 Å². The van der Waals surface area contributed by atoms with Crippen LogP contribution in [-0.4, -0.2) is 9.78 Å². The molecule has 3 aromatic rings. The average molecular weight is 423 g/mol. The molecule has 2 aromatic carbocycles. The lowest BCUT2D eigenvalue weighted by Gasteiger charge is -2.14. The molecule has 1 saturated carbocycles. The summed E-state index contributed by atoms with van der Waals surface area (Å²) in [5.41, 5.74) is 0.938. The Morgan fingerprint density at radius 3 is 2.07 bits per heavy atom. The molecular weight excluding hydrogens is 408 g/mol. The van der Waals surface area contributed by atoms with Crippen LogP contribution >= 0.6 is 0 Å². The Morgan fingerprint density at radius 2 is 1.57 bits per heavy atom. The van der Waals surface area contributed by atoms with Gasteiger partial charge in [-0.2, -0.15) is 18.3 Å². The average Bonchev–Trinajstić information content (AvgIpc) is 3.41. The zero-order chi connectivity index (χ0) is 21.6. The number of benzene rings is 2. The molecule has 9 heteroatoms. The van der Waals surface area contributed by atoms with Crippen molar-refractivity contribution in [3.63, 3.8) is 0 Å². The summed E-state index contributed by atoms with van der Waals surface area (Å²) in [6, 6.07) is 8.50. The molecule has 3 nitrogen and oxygen atoms in total. The second kappa shape index (κ2) is 7.23. The molecule has 1 heterocycles. The van der Waals surface area contributed by atoms with Crippen molar-refractivity contribution in [1.82, 2.24) is 9.78 Å². The molecule has 0 bridgehead atoms. The van der Waals surface area contributed by atoms with E-state index in [0.717, 1.165) is 16.3 Å². The van der Waals surface area contributed by atoms with Crippen molar-refractivity contribution >= 4 is 11.4 Å². The number of nitrogens with zero attached hydrogens (tertiary/aromatic N) is 2. The molecule has 1 aromatic heterocycles. The monoisotopic (exact) mass is 423 g/mol. The van der Waals surface area contributed by atoms with Gasteiger partial charge in [0.25, 0.3) is 0 Å². The molecule has 0 atom stereocenters. The van der Waals surface area contributed by atoms with Crippen molar-refractivity contribution < 1.29 is 26.3 Å². The third kappa shape index (κ3) is 3.92. The Balaban J connectivity index is 1.63. The van der Waals surface area contributed by atoms with Crippen LogP contribution in [0.3, 0.4) is 0 Å². The number of nitrogens with one attached hydrogen (secondary N) is 1. The van der Waals surface area contributed by atoms with Gasteiger partial charge in [-0.3, -0.25) is 4.68 Å². The van der Waals surface area contributed by atoms with Gasteiger partial charge >= 0.3 is 6.18 Å². The van der Waals surface area contributed by atoms with Crippen LogP contribution in [0, 0.1) is 17.5 Å². The second-order valence-corrected chi connectivity index (χ2v) is 6.96. The van der Waals surface area contributed by atoms with Crippen molar-refractivity contribution in [1.29, 1.82) is 0 Å². The Kier molecular flexibility index (Phi) is 4.83. The van der Waals surface area contributed by atoms with Crippen molar-refractivity contribution in [2.75, 3.05) is 5.32 Å². The molecule has 0 unspecified atom stereocenters. The van der Waals surface area contributed by atoms with Gasteiger partial charge in [0.2, 0.25) is 0 Å². The molecule has 0 amide bonds.